The van der Waals surface area contributed by atoms with Gasteiger partial charge in [-0.2, -0.15) is 13.2 Å². The summed E-state index contributed by atoms with van der Waals surface area (Å²) < 4.78 is 35.5. The number of nitrogens with one attached hydrogen (secondary N) is 2. The minimum atomic E-state index is -4.54. The van der Waals surface area contributed by atoms with Crippen LogP contribution >= 0.6 is 0 Å². The van der Waals surface area contributed by atoms with Gasteiger partial charge in [0.05, 0.1) is 0 Å². The summed E-state index contributed by atoms with van der Waals surface area (Å²) in [5.41, 5.74) is -1.15. The number of alkyl halides is 3. The number of halogens is 3. The summed E-state index contributed by atoms with van der Waals surface area (Å²) in [4.78, 5) is 34.7. The number of carbonyl (C=O) groups is 3. The normalized spacial score (nSPS) is 18.8. The minimum Gasteiger partial charge on any atom is -0.345 e. The van der Waals surface area contributed by atoms with Gasteiger partial charge >= 0.3 is 12.2 Å². The predicted octanol–water partition coefficient (Wildman–Crippen LogP) is -0.00470. The Balaban J connectivity index is 2.56. The van der Waals surface area contributed by atoms with Crippen LogP contribution in [0.4, 0.5) is 18.0 Å². The molecule has 1 fully saturated rings. The van der Waals surface area contributed by atoms with Crippen LogP contribution in [0.1, 0.15) is 13.8 Å². The molecule has 9 heteroatoms. The Hall–Kier alpha value is -1.80. The van der Waals surface area contributed by atoms with Crippen molar-refractivity contribution in [3.05, 3.63) is 0 Å². The van der Waals surface area contributed by atoms with E-state index in [1.165, 1.54) is 13.8 Å². The van der Waals surface area contributed by atoms with Gasteiger partial charge in [0.1, 0.15) is 18.6 Å². The third kappa shape index (κ3) is 3.34. The van der Waals surface area contributed by atoms with Gasteiger partial charge in [0.25, 0.3) is 5.91 Å². The van der Waals surface area contributed by atoms with Crippen LogP contribution in [0.15, 0.2) is 0 Å². The smallest absolute Gasteiger partial charge is 0.345 e. The first-order valence-corrected chi connectivity index (χ1v) is 5.00. The summed E-state index contributed by atoms with van der Waals surface area (Å²) >= 11 is 0. The standard InChI is InChI=1S/C9H12F3N3O3/c1-8(2)6(17)15(7(18)14-8)3-5(16)13-4-9(10,11)12/h3-4H2,1-2H3,(H,13,16)(H,14,18). The van der Waals surface area contributed by atoms with Crippen LogP contribution in [0.2, 0.25) is 0 Å². The van der Waals surface area contributed by atoms with Crippen LogP contribution in [0.5, 0.6) is 0 Å². The van der Waals surface area contributed by atoms with Crippen molar-refractivity contribution in [2.24, 2.45) is 0 Å². The average molecular weight is 267 g/mol. The van der Waals surface area contributed by atoms with Crippen molar-refractivity contribution < 1.29 is 27.6 Å². The minimum absolute atomic E-state index is 0.575. The molecule has 18 heavy (non-hydrogen) atoms. The van der Waals surface area contributed by atoms with Gasteiger partial charge in [0.15, 0.2) is 0 Å². The second-order valence-corrected chi connectivity index (χ2v) is 4.34. The highest BCUT2D eigenvalue weighted by Gasteiger charge is 2.45. The highest BCUT2D eigenvalue weighted by atomic mass is 19.4. The first-order valence-electron chi connectivity index (χ1n) is 5.00. The van der Waals surface area contributed by atoms with Gasteiger partial charge in [0.2, 0.25) is 5.91 Å². The molecule has 0 bridgehead atoms. The Bertz CT molecular complexity index is 392. The molecule has 102 valence electrons. The number of amides is 4. The number of hydrogen-bond acceptors (Lipinski definition) is 3. The van der Waals surface area contributed by atoms with Gasteiger partial charge in [0, 0.05) is 0 Å². The molecular formula is C9H12F3N3O3. The fraction of sp³-hybridized carbons (Fsp3) is 0.667. The molecule has 4 amide bonds. The summed E-state index contributed by atoms with van der Waals surface area (Å²) in [6.07, 6.45) is -4.54. The molecule has 1 saturated heterocycles. The van der Waals surface area contributed by atoms with Gasteiger partial charge in [-0.15, -0.1) is 0 Å². The fourth-order valence-electron chi connectivity index (χ4n) is 1.36. The van der Waals surface area contributed by atoms with Crippen LogP contribution in [0.25, 0.3) is 0 Å². The molecule has 0 unspecified atom stereocenters. The Labute approximate surface area is 100 Å². The van der Waals surface area contributed by atoms with Gasteiger partial charge in [-0.05, 0) is 13.8 Å². The van der Waals surface area contributed by atoms with Crippen molar-refractivity contribution in [2.75, 3.05) is 13.1 Å². The van der Waals surface area contributed by atoms with Crippen molar-refractivity contribution in [1.82, 2.24) is 15.5 Å². The van der Waals surface area contributed by atoms with Gasteiger partial charge in [-0.25, -0.2) is 4.79 Å². The lowest BCUT2D eigenvalue weighted by atomic mass is 10.1. The molecular weight excluding hydrogens is 255 g/mol. The molecule has 0 aromatic rings. The van der Waals surface area contributed by atoms with Gasteiger partial charge in [-0.3, -0.25) is 14.5 Å². The number of imide groups is 1. The van der Waals surface area contributed by atoms with Crippen molar-refractivity contribution in [3.8, 4) is 0 Å². The van der Waals surface area contributed by atoms with E-state index >= 15 is 0 Å². The predicted molar refractivity (Wildman–Crippen MR) is 53.4 cm³/mol. The lowest BCUT2D eigenvalue weighted by molar-refractivity contribution is -0.141. The number of hydrogen-bond donors (Lipinski definition) is 2. The van der Waals surface area contributed by atoms with Crippen molar-refractivity contribution in [1.29, 1.82) is 0 Å². The Morgan fingerprint density at radius 1 is 1.39 bits per heavy atom. The molecule has 0 aliphatic carbocycles. The van der Waals surface area contributed by atoms with E-state index in [-0.39, 0.29) is 0 Å². The number of nitrogens with zero attached hydrogens (tertiary/aromatic N) is 1. The SMILES string of the molecule is CC1(C)NC(=O)N(CC(=O)NCC(F)(F)F)C1=O. The Kier molecular flexibility index (Phi) is 3.54. The van der Waals surface area contributed by atoms with E-state index in [4.69, 9.17) is 0 Å². The van der Waals surface area contributed by atoms with Crippen LogP contribution in [-0.4, -0.2) is 47.6 Å². The Morgan fingerprint density at radius 2 is 1.94 bits per heavy atom. The quantitative estimate of drug-likeness (QED) is 0.706. The van der Waals surface area contributed by atoms with E-state index in [9.17, 15) is 27.6 Å². The second-order valence-electron chi connectivity index (χ2n) is 4.34. The average Bonchev–Trinajstić information content (AvgIpc) is 2.37. The first kappa shape index (κ1) is 14.3. The summed E-state index contributed by atoms with van der Waals surface area (Å²) in [6.45, 7) is 0.630. The molecule has 0 saturated carbocycles. The largest absolute Gasteiger partial charge is 0.405 e. The molecule has 1 aliphatic heterocycles. The zero-order chi connectivity index (χ0) is 14.1. The van der Waals surface area contributed by atoms with E-state index < -0.39 is 42.7 Å². The highest BCUT2D eigenvalue weighted by molar-refractivity contribution is 6.08. The summed E-state index contributed by atoms with van der Waals surface area (Å²) in [5, 5.41) is 3.89. The zero-order valence-corrected chi connectivity index (χ0v) is 9.72. The maximum atomic E-state index is 11.8. The van der Waals surface area contributed by atoms with Crippen molar-refractivity contribution in [2.45, 2.75) is 25.6 Å². The van der Waals surface area contributed by atoms with E-state index in [2.05, 4.69) is 5.32 Å². The Morgan fingerprint density at radius 3 is 2.33 bits per heavy atom. The molecule has 1 heterocycles. The first-order chi connectivity index (χ1) is 8.03. The molecule has 1 rings (SSSR count). The summed E-state index contributed by atoms with van der Waals surface area (Å²) in [5.74, 6) is -1.71. The van der Waals surface area contributed by atoms with Crippen LogP contribution in [-0.2, 0) is 9.59 Å². The van der Waals surface area contributed by atoms with Crippen LogP contribution in [0.3, 0.4) is 0 Å². The van der Waals surface area contributed by atoms with Gasteiger partial charge in [-0.1, -0.05) is 0 Å². The molecule has 0 spiro atoms. The van der Waals surface area contributed by atoms with Crippen molar-refractivity contribution >= 4 is 17.8 Å². The van der Waals surface area contributed by atoms with E-state index in [1.807, 2.05) is 0 Å². The fourth-order valence-corrected chi connectivity index (χ4v) is 1.36. The van der Waals surface area contributed by atoms with Gasteiger partial charge < -0.3 is 10.6 Å². The monoisotopic (exact) mass is 267 g/mol. The lowest BCUT2D eigenvalue weighted by Gasteiger charge is -2.16. The van der Waals surface area contributed by atoms with Crippen LogP contribution in [0, 0.1) is 0 Å². The number of urea groups is 1. The summed E-state index contributed by atoms with van der Waals surface area (Å²) in [7, 11) is 0. The summed E-state index contributed by atoms with van der Waals surface area (Å²) in [6, 6.07) is -0.799. The molecule has 0 atom stereocenters. The number of carbonyl (C=O) groups excluding carboxylic acids is 3. The molecule has 0 aromatic carbocycles. The molecule has 0 aromatic heterocycles. The number of rotatable bonds is 3. The third-order valence-corrected chi connectivity index (χ3v) is 2.23. The highest BCUT2D eigenvalue weighted by Crippen LogP contribution is 2.16. The third-order valence-electron chi connectivity index (χ3n) is 2.23. The topological polar surface area (TPSA) is 78.5 Å². The molecule has 1 aliphatic rings. The molecule has 2 N–H and O–H groups in total. The maximum absolute atomic E-state index is 11.8. The maximum Gasteiger partial charge on any atom is 0.405 e. The zero-order valence-electron chi connectivity index (χ0n) is 9.72. The van der Waals surface area contributed by atoms with Crippen LogP contribution < -0.4 is 10.6 Å². The second kappa shape index (κ2) is 4.46. The lowest BCUT2D eigenvalue weighted by Crippen LogP contribution is -2.44. The molecule has 0 radical (unpaired) electrons. The van der Waals surface area contributed by atoms with E-state index in [1.54, 1.807) is 5.32 Å². The van der Waals surface area contributed by atoms with E-state index in [0.29, 0.717) is 4.90 Å². The van der Waals surface area contributed by atoms with E-state index in [0.717, 1.165) is 0 Å². The van der Waals surface area contributed by atoms with Crippen molar-refractivity contribution in [3.63, 3.8) is 0 Å². The molecule has 6 nitrogen and oxygen atoms in total.